The molecule has 1 unspecified atom stereocenters. The van der Waals surface area contributed by atoms with Gasteiger partial charge in [-0.15, -0.1) is 0 Å². The minimum Gasteiger partial charge on any atom is -0.462 e. The molecule has 0 rings (SSSR count). The van der Waals surface area contributed by atoms with E-state index in [0.717, 1.165) is 89.9 Å². The number of esters is 3. The summed E-state index contributed by atoms with van der Waals surface area (Å²) < 4.78 is 16.7. The maximum atomic E-state index is 12.8. The molecule has 0 fully saturated rings. The Hall–Kier alpha value is -2.89. The predicted octanol–water partition coefficient (Wildman–Crippen LogP) is 20.4. The van der Waals surface area contributed by atoms with Gasteiger partial charge in [0.25, 0.3) is 0 Å². The molecule has 1 atom stereocenters. The molecule has 0 aromatic carbocycles. The monoisotopic (exact) mass is 979 g/mol. The molecule has 0 N–H and O–H groups in total. The summed E-state index contributed by atoms with van der Waals surface area (Å²) >= 11 is 0. The van der Waals surface area contributed by atoms with Gasteiger partial charge in [0.1, 0.15) is 13.2 Å². The van der Waals surface area contributed by atoms with Crippen LogP contribution in [0.1, 0.15) is 310 Å². The minimum atomic E-state index is -0.774. The van der Waals surface area contributed by atoms with Gasteiger partial charge >= 0.3 is 17.9 Å². The fourth-order valence-corrected chi connectivity index (χ4v) is 8.66. The normalized spacial score (nSPS) is 12.4. The van der Waals surface area contributed by atoms with Crippen LogP contribution in [-0.4, -0.2) is 37.2 Å². The second kappa shape index (κ2) is 58.7. The Morgan fingerprint density at radius 2 is 0.514 bits per heavy atom. The lowest BCUT2D eigenvalue weighted by Gasteiger charge is -2.18. The van der Waals surface area contributed by atoms with Gasteiger partial charge in [0.15, 0.2) is 6.10 Å². The minimum absolute atomic E-state index is 0.0761. The van der Waals surface area contributed by atoms with Crippen LogP contribution in [0.3, 0.4) is 0 Å². The molecular weight excluding hydrogens is 865 g/mol. The molecule has 0 aromatic rings. The average molecular weight is 980 g/mol. The first-order chi connectivity index (χ1) is 34.5. The summed E-state index contributed by atoms with van der Waals surface area (Å²) in [6.07, 6.45) is 74.1. The number of hydrogen-bond donors (Lipinski definition) is 0. The SMILES string of the molecule is CCCCCC/C=C\C/C=C\CCCCCCCCCC(=O)OC(COC(=O)CCCCCCC)COC(=O)CCCCCCCCCCCCCCCC/C=C\C/C=C\C/C=C\CCCCCCC. The molecule has 0 heterocycles. The van der Waals surface area contributed by atoms with Crippen LogP contribution in [0.4, 0.5) is 0 Å². The Balaban J connectivity index is 4.02. The fraction of sp³-hybridized carbons (Fsp3) is 0.797. The largest absolute Gasteiger partial charge is 0.462 e. The smallest absolute Gasteiger partial charge is 0.306 e. The zero-order valence-corrected chi connectivity index (χ0v) is 46.5. The van der Waals surface area contributed by atoms with Crippen molar-refractivity contribution >= 4 is 17.9 Å². The van der Waals surface area contributed by atoms with E-state index in [4.69, 9.17) is 14.2 Å². The van der Waals surface area contributed by atoms with E-state index in [1.807, 2.05) is 0 Å². The Bertz CT molecular complexity index is 1260. The maximum absolute atomic E-state index is 12.8. The summed E-state index contributed by atoms with van der Waals surface area (Å²) in [4.78, 5) is 37.8. The van der Waals surface area contributed by atoms with Gasteiger partial charge in [-0.05, 0) is 89.9 Å². The summed E-state index contributed by atoms with van der Waals surface area (Å²) in [6.45, 7) is 6.55. The molecular formula is C64H114O6. The Morgan fingerprint density at radius 1 is 0.286 bits per heavy atom. The summed E-state index contributed by atoms with van der Waals surface area (Å²) in [6, 6.07) is 0. The van der Waals surface area contributed by atoms with E-state index >= 15 is 0 Å². The molecule has 6 heteroatoms. The number of ether oxygens (including phenoxy) is 3. The number of carbonyl (C=O) groups is 3. The Kier molecular flexibility index (Phi) is 56.3. The molecule has 70 heavy (non-hydrogen) atoms. The topological polar surface area (TPSA) is 78.9 Å². The molecule has 0 aliphatic carbocycles. The zero-order valence-electron chi connectivity index (χ0n) is 46.5. The Labute approximate surface area is 434 Å². The van der Waals surface area contributed by atoms with Gasteiger partial charge in [-0.25, -0.2) is 0 Å². The molecule has 0 aliphatic rings. The number of hydrogen-bond acceptors (Lipinski definition) is 6. The van der Waals surface area contributed by atoms with Crippen molar-refractivity contribution < 1.29 is 28.6 Å². The number of unbranched alkanes of at least 4 members (excludes halogenated alkanes) is 34. The number of carbonyl (C=O) groups excluding carboxylic acids is 3. The van der Waals surface area contributed by atoms with Crippen molar-refractivity contribution in [1.29, 1.82) is 0 Å². The van der Waals surface area contributed by atoms with E-state index in [0.29, 0.717) is 19.3 Å². The van der Waals surface area contributed by atoms with Gasteiger partial charge in [0.05, 0.1) is 0 Å². The predicted molar refractivity (Wildman–Crippen MR) is 302 cm³/mol. The van der Waals surface area contributed by atoms with Crippen LogP contribution < -0.4 is 0 Å². The Morgan fingerprint density at radius 3 is 0.814 bits per heavy atom. The van der Waals surface area contributed by atoms with Crippen LogP contribution in [0.25, 0.3) is 0 Å². The van der Waals surface area contributed by atoms with Crippen LogP contribution >= 0.6 is 0 Å². The van der Waals surface area contributed by atoms with Crippen LogP contribution in [0, 0.1) is 0 Å². The first-order valence-corrected chi connectivity index (χ1v) is 30.3. The molecule has 0 aromatic heterocycles. The average Bonchev–Trinajstić information content (AvgIpc) is 3.36. The van der Waals surface area contributed by atoms with Crippen molar-refractivity contribution in [1.82, 2.24) is 0 Å². The second-order valence-corrected chi connectivity index (χ2v) is 20.3. The standard InChI is InChI=1S/C64H114O6/c1-4-7-10-13-15-17-19-21-23-25-27-28-29-30-31-32-33-34-35-36-37-39-40-42-44-46-48-51-54-57-63(66)69-60-61(59-68-62(65)56-53-50-12-9-6-3)70-64(67)58-55-52-49-47-45-43-41-38-26-24-22-20-18-16-14-11-8-5-2/h18-21,24-27,29-30,61H,4-17,22-23,28,31-60H2,1-3H3/b20-18-,21-19-,26-24-,27-25-,30-29-. The van der Waals surface area contributed by atoms with E-state index in [1.165, 1.54) is 180 Å². The van der Waals surface area contributed by atoms with Crippen molar-refractivity contribution in [2.45, 2.75) is 316 Å². The van der Waals surface area contributed by atoms with Gasteiger partial charge in [-0.3, -0.25) is 14.4 Å². The van der Waals surface area contributed by atoms with Crippen LogP contribution in [-0.2, 0) is 28.6 Å². The maximum Gasteiger partial charge on any atom is 0.306 e. The quantitative estimate of drug-likeness (QED) is 0.0261. The molecule has 0 aliphatic heterocycles. The lowest BCUT2D eigenvalue weighted by atomic mass is 10.0. The van der Waals surface area contributed by atoms with E-state index in [1.54, 1.807) is 0 Å². The summed E-state index contributed by atoms with van der Waals surface area (Å²) in [5.74, 6) is -0.888. The number of rotatable bonds is 55. The highest BCUT2D eigenvalue weighted by Gasteiger charge is 2.19. The third-order valence-corrected chi connectivity index (χ3v) is 13.2. The third-order valence-electron chi connectivity index (χ3n) is 13.2. The number of allylic oxidation sites excluding steroid dienone is 10. The highest BCUT2D eigenvalue weighted by atomic mass is 16.6. The molecule has 0 saturated carbocycles. The van der Waals surface area contributed by atoms with Crippen molar-refractivity contribution in [2.75, 3.05) is 13.2 Å². The van der Waals surface area contributed by atoms with E-state index in [9.17, 15) is 14.4 Å². The van der Waals surface area contributed by atoms with Gasteiger partial charge in [0.2, 0.25) is 0 Å². The third kappa shape index (κ3) is 56.0. The fourth-order valence-electron chi connectivity index (χ4n) is 8.66. The summed E-state index contributed by atoms with van der Waals surface area (Å²) in [5, 5.41) is 0. The molecule has 0 saturated heterocycles. The van der Waals surface area contributed by atoms with Crippen LogP contribution in [0.2, 0.25) is 0 Å². The molecule has 0 radical (unpaired) electrons. The highest BCUT2D eigenvalue weighted by Crippen LogP contribution is 2.16. The van der Waals surface area contributed by atoms with Gasteiger partial charge in [0, 0.05) is 19.3 Å². The van der Waals surface area contributed by atoms with Crippen LogP contribution in [0.15, 0.2) is 60.8 Å². The van der Waals surface area contributed by atoms with Crippen LogP contribution in [0.5, 0.6) is 0 Å². The van der Waals surface area contributed by atoms with Crippen molar-refractivity contribution in [3.05, 3.63) is 60.8 Å². The summed E-state index contributed by atoms with van der Waals surface area (Å²) in [5.41, 5.74) is 0. The second-order valence-electron chi connectivity index (χ2n) is 20.3. The van der Waals surface area contributed by atoms with Crippen molar-refractivity contribution in [2.24, 2.45) is 0 Å². The van der Waals surface area contributed by atoms with E-state index in [2.05, 4.69) is 81.5 Å². The first kappa shape index (κ1) is 67.1. The highest BCUT2D eigenvalue weighted by molar-refractivity contribution is 5.71. The van der Waals surface area contributed by atoms with Crippen molar-refractivity contribution in [3.8, 4) is 0 Å². The molecule has 0 spiro atoms. The molecule has 6 nitrogen and oxygen atoms in total. The molecule has 0 bridgehead atoms. The van der Waals surface area contributed by atoms with Crippen molar-refractivity contribution in [3.63, 3.8) is 0 Å². The first-order valence-electron chi connectivity index (χ1n) is 30.3. The lowest BCUT2D eigenvalue weighted by molar-refractivity contribution is -0.167. The molecule has 0 amide bonds. The van der Waals surface area contributed by atoms with Gasteiger partial charge in [-0.1, -0.05) is 261 Å². The lowest BCUT2D eigenvalue weighted by Crippen LogP contribution is -2.30. The summed E-state index contributed by atoms with van der Waals surface area (Å²) in [7, 11) is 0. The zero-order chi connectivity index (χ0) is 50.7. The van der Waals surface area contributed by atoms with Gasteiger partial charge < -0.3 is 14.2 Å². The van der Waals surface area contributed by atoms with E-state index in [-0.39, 0.29) is 31.1 Å². The molecule has 406 valence electrons. The van der Waals surface area contributed by atoms with Gasteiger partial charge in [-0.2, -0.15) is 0 Å². The van der Waals surface area contributed by atoms with E-state index < -0.39 is 6.10 Å².